The zero-order valence-electron chi connectivity index (χ0n) is 10.7. The monoisotopic (exact) mass is 259 g/mol. The van der Waals surface area contributed by atoms with Gasteiger partial charge in [-0.25, -0.2) is 4.79 Å². The van der Waals surface area contributed by atoms with Crippen LogP contribution in [0.15, 0.2) is 0 Å². The minimum Gasteiger partial charge on any atom is -0.480 e. The van der Waals surface area contributed by atoms with Crippen LogP contribution in [-0.4, -0.2) is 35.5 Å². The maximum Gasteiger partial charge on any atom is 0.326 e. The van der Waals surface area contributed by atoms with Gasteiger partial charge >= 0.3 is 5.97 Å². The van der Waals surface area contributed by atoms with Gasteiger partial charge in [0.2, 0.25) is 11.8 Å². The van der Waals surface area contributed by atoms with E-state index in [0.717, 1.165) is 0 Å². The van der Waals surface area contributed by atoms with Crippen LogP contribution in [0.3, 0.4) is 0 Å². The summed E-state index contributed by atoms with van der Waals surface area (Å²) >= 11 is 0. The van der Waals surface area contributed by atoms with Gasteiger partial charge in [-0.05, 0) is 12.3 Å². The van der Waals surface area contributed by atoms with Crippen LogP contribution in [0, 0.1) is 11.8 Å². The molecule has 0 aromatic heterocycles. The first kappa shape index (κ1) is 16.4. The standard InChI is InChI=1S/C11H21N3O4/c1-6(2)7(5-12)10(16)14-8(11(17)18)3-4-9(13)15/h6-8H,3-5,12H2,1-2H3,(H2,13,15)(H,14,16)(H,17,18)/t7?,8-/m1/s1. The number of amides is 2. The minimum atomic E-state index is -1.19. The van der Waals surface area contributed by atoms with E-state index in [4.69, 9.17) is 16.6 Å². The number of nitrogens with one attached hydrogen (secondary N) is 1. The lowest BCUT2D eigenvalue weighted by Crippen LogP contribution is -2.46. The van der Waals surface area contributed by atoms with Gasteiger partial charge < -0.3 is 21.9 Å². The number of primary amides is 1. The largest absolute Gasteiger partial charge is 0.480 e. The number of carboxylic acids is 1. The summed E-state index contributed by atoms with van der Waals surface area (Å²) in [6, 6.07) is -1.11. The minimum absolute atomic E-state index is 0.0144. The SMILES string of the molecule is CC(C)C(CN)C(=O)N[C@H](CCC(N)=O)C(=O)O. The molecule has 0 bridgehead atoms. The van der Waals surface area contributed by atoms with E-state index in [1.807, 2.05) is 13.8 Å². The van der Waals surface area contributed by atoms with E-state index in [2.05, 4.69) is 5.32 Å². The maximum atomic E-state index is 11.8. The van der Waals surface area contributed by atoms with Crippen molar-refractivity contribution in [3.05, 3.63) is 0 Å². The van der Waals surface area contributed by atoms with Gasteiger partial charge in [0.15, 0.2) is 0 Å². The number of rotatable bonds is 8. The van der Waals surface area contributed by atoms with Crippen LogP contribution >= 0.6 is 0 Å². The molecule has 0 aliphatic heterocycles. The first-order valence-electron chi connectivity index (χ1n) is 5.81. The van der Waals surface area contributed by atoms with Crippen molar-refractivity contribution in [2.45, 2.75) is 32.7 Å². The Balaban J connectivity index is 4.53. The molecule has 104 valence electrons. The molecule has 2 atom stereocenters. The molecule has 18 heavy (non-hydrogen) atoms. The van der Waals surface area contributed by atoms with Crippen molar-refractivity contribution in [1.82, 2.24) is 5.32 Å². The predicted molar refractivity (Wildman–Crippen MR) is 65.4 cm³/mol. The number of hydrogen-bond acceptors (Lipinski definition) is 4. The molecule has 7 heteroatoms. The van der Waals surface area contributed by atoms with Gasteiger partial charge in [0.05, 0.1) is 5.92 Å². The first-order chi connectivity index (χ1) is 8.29. The maximum absolute atomic E-state index is 11.8. The lowest BCUT2D eigenvalue weighted by molar-refractivity contribution is -0.143. The second kappa shape index (κ2) is 7.65. The molecule has 0 rings (SSSR count). The molecule has 1 unspecified atom stereocenters. The fourth-order valence-electron chi connectivity index (χ4n) is 1.50. The van der Waals surface area contributed by atoms with Gasteiger partial charge in [0.25, 0.3) is 0 Å². The summed E-state index contributed by atoms with van der Waals surface area (Å²) in [6.07, 6.45) is -0.113. The van der Waals surface area contributed by atoms with Gasteiger partial charge in [-0.1, -0.05) is 13.8 Å². The molecular weight excluding hydrogens is 238 g/mol. The molecule has 0 fully saturated rings. The van der Waals surface area contributed by atoms with E-state index in [1.165, 1.54) is 0 Å². The highest BCUT2D eigenvalue weighted by Gasteiger charge is 2.26. The number of nitrogens with two attached hydrogens (primary N) is 2. The molecular formula is C11H21N3O4. The van der Waals surface area contributed by atoms with E-state index in [1.54, 1.807) is 0 Å². The van der Waals surface area contributed by atoms with Crippen molar-refractivity contribution in [3.63, 3.8) is 0 Å². The molecule has 0 spiro atoms. The molecule has 0 aromatic carbocycles. The van der Waals surface area contributed by atoms with Crippen LogP contribution in [0.25, 0.3) is 0 Å². The predicted octanol–water partition coefficient (Wildman–Crippen LogP) is -0.948. The summed E-state index contributed by atoms with van der Waals surface area (Å²) in [5, 5.41) is 11.3. The highest BCUT2D eigenvalue weighted by molar-refractivity contribution is 5.85. The number of carbonyl (C=O) groups excluding carboxylic acids is 2. The Morgan fingerprint density at radius 2 is 1.83 bits per heavy atom. The molecule has 0 aliphatic carbocycles. The van der Waals surface area contributed by atoms with Crippen LogP contribution in [0.5, 0.6) is 0 Å². The molecule has 0 aliphatic rings. The third kappa shape index (κ3) is 5.62. The molecule has 2 amide bonds. The highest BCUT2D eigenvalue weighted by Crippen LogP contribution is 2.10. The van der Waals surface area contributed by atoms with Crippen LogP contribution in [0.1, 0.15) is 26.7 Å². The summed E-state index contributed by atoms with van der Waals surface area (Å²) in [7, 11) is 0. The number of carbonyl (C=O) groups is 3. The lowest BCUT2D eigenvalue weighted by atomic mass is 9.94. The van der Waals surface area contributed by atoms with Crippen LogP contribution in [-0.2, 0) is 14.4 Å². The normalized spacial score (nSPS) is 14.0. The van der Waals surface area contributed by atoms with E-state index in [0.29, 0.717) is 0 Å². The zero-order valence-corrected chi connectivity index (χ0v) is 10.7. The first-order valence-corrected chi connectivity index (χ1v) is 5.81. The van der Waals surface area contributed by atoms with Crippen LogP contribution < -0.4 is 16.8 Å². The smallest absolute Gasteiger partial charge is 0.326 e. The van der Waals surface area contributed by atoms with Crippen molar-refractivity contribution < 1.29 is 19.5 Å². The van der Waals surface area contributed by atoms with E-state index in [-0.39, 0.29) is 25.3 Å². The number of hydrogen-bond donors (Lipinski definition) is 4. The Kier molecular flexibility index (Phi) is 6.96. The van der Waals surface area contributed by atoms with Crippen LogP contribution in [0.4, 0.5) is 0 Å². The molecule has 7 nitrogen and oxygen atoms in total. The average Bonchev–Trinajstić information content (AvgIpc) is 2.23. The molecule has 0 saturated carbocycles. The fraction of sp³-hybridized carbons (Fsp3) is 0.727. The Bertz CT molecular complexity index is 317. The van der Waals surface area contributed by atoms with Crippen molar-refractivity contribution in [2.75, 3.05) is 6.54 Å². The molecule has 0 heterocycles. The van der Waals surface area contributed by atoms with Crippen molar-refractivity contribution in [2.24, 2.45) is 23.3 Å². The van der Waals surface area contributed by atoms with Crippen molar-refractivity contribution in [3.8, 4) is 0 Å². The van der Waals surface area contributed by atoms with Gasteiger partial charge in [-0.15, -0.1) is 0 Å². The Hall–Kier alpha value is -1.63. The van der Waals surface area contributed by atoms with E-state index < -0.39 is 29.7 Å². The van der Waals surface area contributed by atoms with Crippen LogP contribution in [0.2, 0.25) is 0 Å². The van der Waals surface area contributed by atoms with Gasteiger partial charge in [-0.2, -0.15) is 0 Å². The lowest BCUT2D eigenvalue weighted by Gasteiger charge is -2.21. The Morgan fingerprint density at radius 3 is 2.17 bits per heavy atom. The number of aliphatic carboxylic acids is 1. The topological polar surface area (TPSA) is 136 Å². The van der Waals surface area contributed by atoms with Gasteiger partial charge in [0, 0.05) is 13.0 Å². The third-order valence-corrected chi connectivity index (χ3v) is 2.69. The second-order valence-electron chi connectivity index (χ2n) is 4.49. The second-order valence-corrected chi connectivity index (χ2v) is 4.49. The number of carboxylic acid groups (broad SMARTS) is 1. The quantitative estimate of drug-likeness (QED) is 0.445. The van der Waals surface area contributed by atoms with Crippen molar-refractivity contribution in [1.29, 1.82) is 0 Å². The summed E-state index contributed by atoms with van der Waals surface area (Å²) in [4.78, 5) is 33.3. The molecule has 0 saturated heterocycles. The van der Waals surface area contributed by atoms with E-state index in [9.17, 15) is 14.4 Å². The average molecular weight is 259 g/mol. The summed E-state index contributed by atoms with van der Waals surface area (Å²) in [5.41, 5.74) is 10.4. The van der Waals surface area contributed by atoms with Gasteiger partial charge in [-0.3, -0.25) is 9.59 Å². The van der Waals surface area contributed by atoms with Crippen molar-refractivity contribution >= 4 is 17.8 Å². The van der Waals surface area contributed by atoms with E-state index >= 15 is 0 Å². The highest BCUT2D eigenvalue weighted by atomic mass is 16.4. The Labute approximate surface area is 106 Å². The molecule has 0 radical (unpaired) electrons. The third-order valence-electron chi connectivity index (χ3n) is 2.69. The molecule has 0 aromatic rings. The zero-order chi connectivity index (χ0) is 14.3. The Morgan fingerprint density at radius 1 is 1.28 bits per heavy atom. The molecule has 6 N–H and O–H groups in total. The van der Waals surface area contributed by atoms with Gasteiger partial charge in [0.1, 0.15) is 6.04 Å². The summed E-state index contributed by atoms with van der Waals surface area (Å²) in [5.74, 6) is -2.63. The summed E-state index contributed by atoms with van der Waals surface area (Å²) in [6.45, 7) is 3.80. The fourth-order valence-corrected chi connectivity index (χ4v) is 1.50. The summed E-state index contributed by atoms with van der Waals surface area (Å²) < 4.78 is 0.